The van der Waals surface area contributed by atoms with E-state index in [1.54, 1.807) is 12.1 Å². The molecule has 1 N–H and O–H groups in total. The summed E-state index contributed by atoms with van der Waals surface area (Å²) in [6.45, 7) is 6.36. The standard InChI is InChI=1S/C14H22FNS/c1-10(2)8-17-9-14(16-4)12-5-11(3)6-13(15)7-12/h5-7,10,14,16H,8-9H2,1-4H3. The minimum absolute atomic E-state index is 0.144. The van der Waals surface area contributed by atoms with E-state index < -0.39 is 0 Å². The molecule has 1 atom stereocenters. The number of hydrogen-bond donors (Lipinski definition) is 1. The highest BCUT2D eigenvalue weighted by molar-refractivity contribution is 7.99. The number of benzene rings is 1. The van der Waals surface area contributed by atoms with Gasteiger partial charge in [-0.15, -0.1) is 0 Å². The fourth-order valence-electron chi connectivity index (χ4n) is 1.73. The van der Waals surface area contributed by atoms with E-state index in [9.17, 15) is 4.39 Å². The van der Waals surface area contributed by atoms with E-state index in [0.29, 0.717) is 5.92 Å². The molecule has 1 unspecified atom stereocenters. The van der Waals surface area contributed by atoms with E-state index in [2.05, 4.69) is 25.2 Å². The van der Waals surface area contributed by atoms with Gasteiger partial charge in [0.1, 0.15) is 5.82 Å². The van der Waals surface area contributed by atoms with E-state index >= 15 is 0 Å². The van der Waals surface area contributed by atoms with Crippen molar-refractivity contribution >= 4 is 11.8 Å². The van der Waals surface area contributed by atoms with Crippen molar-refractivity contribution in [2.24, 2.45) is 5.92 Å². The lowest BCUT2D eigenvalue weighted by molar-refractivity contribution is 0.609. The van der Waals surface area contributed by atoms with Gasteiger partial charge in [-0.2, -0.15) is 11.8 Å². The lowest BCUT2D eigenvalue weighted by atomic mass is 10.1. The van der Waals surface area contributed by atoms with Gasteiger partial charge in [0, 0.05) is 11.8 Å². The average molecular weight is 255 g/mol. The van der Waals surface area contributed by atoms with Crippen molar-refractivity contribution in [2.75, 3.05) is 18.6 Å². The monoisotopic (exact) mass is 255 g/mol. The van der Waals surface area contributed by atoms with Gasteiger partial charge < -0.3 is 5.32 Å². The number of hydrogen-bond acceptors (Lipinski definition) is 2. The summed E-state index contributed by atoms with van der Waals surface area (Å²) in [5, 5.41) is 3.26. The maximum Gasteiger partial charge on any atom is 0.123 e. The molecule has 1 aromatic rings. The van der Waals surface area contributed by atoms with Crippen LogP contribution < -0.4 is 5.32 Å². The summed E-state index contributed by atoms with van der Waals surface area (Å²) in [7, 11) is 1.93. The summed E-state index contributed by atoms with van der Waals surface area (Å²) in [6.07, 6.45) is 0. The summed E-state index contributed by atoms with van der Waals surface area (Å²) in [4.78, 5) is 0. The molecule has 0 saturated heterocycles. The molecule has 0 aliphatic carbocycles. The van der Waals surface area contributed by atoms with Crippen LogP contribution in [0.3, 0.4) is 0 Å². The molecule has 96 valence electrons. The minimum atomic E-state index is -0.144. The van der Waals surface area contributed by atoms with Crippen molar-refractivity contribution in [3.63, 3.8) is 0 Å². The molecular formula is C14H22FNS. The highest BCUT2D eigenvalue weighted by Gasteiger charge is 2.11. The van der Waals surface area contributed by atoms with Crippen molar-refractivity contribution in [1.82, 2.24) is 5.32 Å². The third kappa shape index (κ3) is 5.09. The quantitative estimate of drug-likeness (QED) is 0.830. The fraction of sp³-hybridized carbons (Fsp3) is 0.571. The Morgan fingerprint density at radius 3 is 2.47 bits per heavy atom. The molecule has 1 aromatic carbocycles. The van der Waals surface area contributed by atoms with E-state index in [0.717, 1.165) is 22.6 Å². The van der Waals surface area contributed by atoms with Gasteiger partial charge in [-0.05, 0) is 48.9 Å². The highest BCUT2D eigenvalue weighted by Crippen LogP contribution is 2.21. The highest BCUT2D eigenvalue weighted by atomic mass is 32.2. The molecule has 0 amide bonds. The summed E-state index contributed by atoms with van der Waals surface area (Å²) in [6, 6.07) is 5.48. The van der Waals surface area contributed by atoms with Gasteiger partial charge in [0.05, 0.1) is 0 Å². The Labute approximate surface area is 108 Å². The lowest BCUT2D eigenvalue weighted by Crippen LogP contribution is -2.19. The number of rotatable bonds is 6. The summed E-state index contributed by atoms with van der Waals surface area (Å²) in [5.74, 6) is 2.69. The molecule has 0 aromatic heterocycles. The normalized spacial score (nSPS) is 13.1. The maximum atomic E-state index is 13.3. The van der Waals surface area contributed by atoms with Gasteiger partial charge in [0.15, 0.2) is 0 Å². The molecule has 1 rings (SSSR count). The van der Waals surface area contributed by atoms with Crippen molar-refractivity contribution in [3.8, 4) is 0 Å². The molecule has 0 aliphatic rings. The van der Waals surface area contributed by atoms with Crippen LogP contribution in [-0.2, 0) is 0 Å². The summed E-state index contributed by atoms with van der Waals surface area (Å²) >= 11 is 1.92. The van der Waals surface area contributed by atoms with E-state index in [1.165, 1.54) is 0 Å². The maximum absolute atomic E-state index is 13.3. The first-order chi connectivity index (χ1) is 8.02. The van der Waals surface area contributed by atoms with E-state index in [1.807, 2.05) is 25.7 Å². The molecule has 0 saturated carbocycles. The van der Waals surface area contributed by atoms with Crippen LogP contribution in [0.5, 0.6) is 0 Å². The second kappa shape index (κ2) is 7.02. The van der Waals surface area contributed by atoms with E-state index in [-0.39, 0.29) is 11.9 Å². The Morgan fingerprint density at radius 2 is 1.94 bits per heavy atom. The van der Waals surface area contributed by atoms with Crippen LogP contribution in [0.25, 0.3) is 0 Å². The van der Waals surface area contributed by atoms with Gasteiger partial charge in [-0.1, -0.05) is 19.9 Å². The van der Waals surface area contributed by atoms with Gasteiger partial charge >= 0.3 is 0 Å². The summed E-state index contributed by atoms with van der Waals surface area (Å²) < 4.78 is 13.3. The second-order valence-corrected chi connectivity index (χ2v) is 5.91. The average Bonchev–Trinajstić information content (AvgIpc) is 2.22. The van der Waals surface area contributed by atoms with Crippen molar-refractivity contribution in [1.29, 1.82) is 0 Å². The van der Waals surface area contributed by atoms with Crippen LogP contribution in [0.2, 0.25) is 0 Å². The minimum Gasteiger partial charge on any atom is -0.312 e. The van der Waals surface area contributed by atoms with Crippen molar-refractivity contribution < 1.29 is 4.39 Å². The first kappa shape index (κ1) is 14.5. The van der Waals surface area contributed by atoms with Crippen LogP contribution in [0.4, 0.5) is 4.39 Å². The molecule has 3 heteroatoms. The molecule has 0 heterocycles. The lowest BCUT2D eigenvalue weighted by Gasteiger charge is -2.17. The van der Waals surface area contributed by atoms with Gasteiger partial charge in [0.25, 0.3) is 0 Å². The molecule has 0 spiro atoms. The van der Waals surface area contributed by atoms with Crippen LogP contribution in [0.1, 0.15) is 31.0 Å². The topological polar surface area (TPSA) is 12.0 Å². The SMILES string of the molecule is CNC(CSCC(C)C)c1cc(C)cc(F)c1. The van der Waals surface area contributed by atoms with Crippen LogP contribution >= 0.6 is 11.8 Å². The van der Waals surface area contributed by atoms with Crippen LogP contribution in [0.15, 0.2) is 18.2 Å². The second-order valence-electron chi connectivity index (χ2n) is 4.83. The molecule has 0 aliphatic heterocycles. The van der Waals surface area contributed by atoms with E-state index in [4.69, 9.17) is 0 Å². The van der Waals surface area contributed by atoms with Crippen molar-refractivity contribution in [3.05, 3.63) is 35.1 Å². The fourth-order valence-corrected chi connectivity index (χ4v) is 2.94. The summed E-state index contributed by atoms with van der Waals surface area (Å²) in [5.41, 5.74) is 2.02. The van der Waals surface area contributed by atoms with Gasteiger partial charge in [0.2, 0.25) is 0 Å². The Morgan fingerprint density at radius 1 is 1.24 bits per heavy atom. The predicted molar refractivity (Wildman–Crippen MR) is 75.1 cm³/mol. The Hall–Kier alpha value is -0.540. The largest absolute Gasteiger partial charge is 0.312 e. The van der Waals surface area contributed by atoms with Gasteiger partial charge in [-0.25, -0.2) is 4.39 Å². The first-order valence-corrected chi connectivity index (χ1v) is 7.20. The molecule has 0 bridgehead atoms. The molecular weight excluding hydrogens is 233 g/mol. The number of aryl methyl sites for hydroxylation is 1. The zero-order valence-corrected chi connectivity index (χ0v) is 11.9. The van der Waals surface area contributed by atoms with Crippen LogP contribution in [-0.4, -0.2) is 18.6 Å². The van der Waals surface area contributed by atoms with Crippen LogP contribution in [0, 0.1) is 18.7 Å². The zero-order chi connectivity index (χ0) is 12.8. The Balaban J connectivity index is 2.65. The number of thioether (sulfide) groups is 1. The zero-order valence-electron chi connectivity index (χ0n) is 11.1. The Bertz CT molecular complexity index is 332. The Kier molecular flexibility index (Phi) is 6.00. The van der Waals surface area contributed by atoms with Gasteiger partial charge in [-0.3, -0.25) is 0 Å². The smallest absolute Gasteiger partial charge is 0.123 e. The number of nitrogens with one attached hydrogen (secondary N) is 1. The third-order valence-corrected chi connectivity index (χ3v) is 4.02. The van der Waals surface area contributed by atoms with Crippen molar-refractivity contribution in [2.45, 2.75) is 26.8 Å². The number of halogens is 1. The third-order valence-electron chi connectivity index (χ3n) is 2.55. The molecule has 17 heavy (non-hydrogen) atoms. The molecule has 1 nitrogen and oxygen atoms in total. The first-order valence-electron chi connectivity index (χ1n) is 6.05. The molecule has 0 radical (unpaired) electrons. The predicted octanol–water partition coefficient (Wildman–Crippen LogP) is 3.78. The molecule has 0 fully saturated rings.